The second kappa shape index (κ2) is 7.87. The van der Waals surface area contributed by atoms with Gasteiger partial charge < -0.3 is 10.2 Å². The number of benzene rings is 3. The maximum absolute atomic E-state index is 13.0. The highest BCUT2D eigenvalue weighted by atomic mass is 35.5. The van der Waals surface area contributed by atoms with Gasteiger partial charge in [0, 0.05) is 21.2 Å². The highest BCUT2D eigenvalue weighted by Gasteiger charge is 2.53. The Morgan fingerprint density at radius 2 is 1.17 bits per heavy atom. The van der Waals surface area contributed by atoms with Crippen LogP contribution in [0.15, 0.2) is 54.6 Å². The first-order valence-corrected chi connectivity index (χ1v) is 10.8. The zero-order chi connectivity index (χ0) is 21.6. The van der Waals surface area contributed by atoms with Gasteiger partial charge in [0.2, 0.25) is 0 Å². The third kappa shape index (κ3) is 3.65. The van der Waals surface area contributed by atoms with Crippen LogP contribution in [-0.2, 0) is 14.9 Å². The van der Waals surface area contributed by atoms with E-state index in [1.54, 1.807) is 0 Å². The lowest BCUT2D eigenvalue weighted by molar-refractivity contribution is 0.455. The van der Waals surface area contributed by atoms with Crippen LogP contribution in [0, 0.1) is 0 Å². The highest BCUT2D eigenvalue weighted by Crippen LogP contribution is 2.53. The standard InChI is InChI=1S/C19H12Cl4O5S/c20-13-5-2-6-14(21)17(13)19(29(26,27)28,10-3-1-4-11(24)7-10)18-15(22)8-12(25)9-16(18)23/h1-9,24-25H,(H,26,27,28). The van der Waals surface area contributed by atoms with Crippen LogP contribution < -0.4 is 0 Å². The molecular formula is C19H12Cl4O5S. The molecular weight excluding hydrogens is 482 g/mol. The van der Waals surface area contributed by atoms with Gasteiger partial charge >= 0.3 is 0 Å². The zero-order valence-electron chi connectivity index (χ0n) is 14.3. The van der Waals surface area contributed by atoms with Gasteiger partial charge in [0.15, 0.2) is 4.75 Å². The maximum atomic E-state index is 13.0. The number of rotatable bonds is 4. The molecule has 3 aromatic carbocycles. The van der Waals surface area contributed by atoms with Gasteiger partial charge in [0.25, 0.3) is 10.1 Å². The molecule has 0 fully saturated rings. The topological polar surface area (TPSA) is 94.8 Å². The highest BCUT2D eigenvalue weighted by molar-refractivity contribution is 7.87. The van der Waals surface area contributed by atoms with Gasteiger partial charge in [-0.05, 0) is 42.0 Å². The smallest absolute Gasteiger partial charge is 0.283 e. The molecule has 0 radical (unpaired) electrons. The number of phenolic OH excluding ortho intramolecular Hbond substituents is 2. The van der Waals surface area contributed by atoms with Crippen LogP contribution in [0.3, 0.4) is 0 Å². The molecule has 5 nitrogen and oxygen atoms in total. The van der Waals surface area contributed by atoms with Crippen molar-refractivity contribution in [3.05, 3.63) is 91.4 Å². The van der Waals surface area contributed by atoms with Crippen molar-refractivity contribution in [1.82, 2.24) is 0 Å². The van der Waals surface area contributed by atoms with Crippen molar-refractivity contribution in [2.75, 3.05) is 0 Å². The molecule has 3 rings (SSSR count). The minimum absolute atomic E-state index is 0.0984. The Morgan fingerprint density at radius 1 is 0.690 bits per heavy atom. The number of aromatic hydroxyl groups is 2. The largest absolute Gasteiger partial charge is 0.508 e. The quantitative estimate of drug-likeness (QED) is 0.311. The Hall–Kier alpha value is -1.67. The summed E-state index contributed by atoms with van der Waals surface area (Å²) < 4.78 is 34.1. The molecule has 0 aliphatic heterocycles. The van der Waals surface area contributed by atoms with Gasteiger partial charge in [0.1, 0.15) is 11.5 Å². The van der Waals surface area contributed by atoms with Crippen molar-refractivity contribution in [2.24, 2.45) is 0 Å². The monoisotopic (exact) mass is 492 g/mol. The number of halogens is 4. The summed E-state index contributed by atoms with van der Waals surface area (Å²) in [4.78, 5) is 0. The summed E-state index contributed by atoms with van der Waals surface area (Å²) in [7, 11) is -5.14. The van der Waals surface area contributed by atoms with Crippen molar-refractivity contribution in [2.45, 2.75) is 4.75 Å². The minimum Gasteiger partial charge on any atom is -0.508 e. The van der Waals surface area contributed by atoms with Crippen molar-refractivity contribution >= 4 is 56.5 Å². The number of hydrogen-bond acceptors (Lipinski definition) is 4. The second-order valence-electron chi connectivity index (χ2n) is 6.09. The predicted molar refractivity (Wildman–Crippen MR) is 114 cm³/mol. The molecule has 1 unspecified atom stereocenters. The molecule has 0 saturated heterocycles. The van der Waals surface area contributed by atoms with E-state index in [0.717, 1.165) is 18.2 Å². The van der Waals surface area contributed by atoms with Gasteiger partial charge in [-0.25, -0.2) is 0 Å². The van der Waals surface area contributed by atoms with E-state index < -0.39 is 14.9 Å². The average molecular weight is 494 g/mol. The molecule has 29 heavy (non-hydrogen) atoms. The van der Waals surface area contributed by atoms with Crippen molar-refractivity contribution in [3.8, 4) is 11.5 Å². The predicted octanol–water partition coefficient (Wildman–Crippen LogP) is 5.89. The van der Waals surface area contributed by atoms with Crippen LogP contribution >= 0.6 is 46.4 Å². The van der Waals surface area contributed by atoms with Crippen LogP contribution in [0.25, 0.3) is 0 Å². The molecule has 3 aromatic rings. The van der Waals surface area contributed by atoms with Gasteiger partial charge in [-0.3, -0.25) is 4.55 Å². The van der Waals surface area contributed by atoms with E-state index in [4.69, 9.17) is 46.4 Å². The normalized spacial score (nSPS) is 13.8. The third-order valence-corrected chi connectivity index (χ3v) is 6.98. The second-order valence-corrected chi connectivity index (χ2v) is 9.28. The fourth-order valence-electron chi connectivity index (χ4n) is 3.28. The molecule has 0 aliphatic rings. The Balaban J connectivity index is 2.68. The van der Waals surface area contributed by atoms with Crippen molar-refractivity contribution < 1.29 is 23.2 Å². The molecule has 0 amide bonds. The lowest BCUT2D eigenvalue weighted by Gasteiger charge is -2.35. The molecule has 0 aromatic heterocycles. The molecule has 152 valence electrons. The van der Waals surface area contributed by atoms with E-state index in [1.165, 1.54) is 36.4 Å². The lowest BCUT2D eigenvalue weighted by Crippen LogP contribution is -2.39. The van der Waals surface area contributed by atoms with Crippen LogP contribution in [-0.4, -0.2) is 23.2 Å². The van der Waals surface area contributed by atoms with Gasteiger partial charge in [-0.15, -0.1) is 0 Å². The van der Waals surface area contributed by atoms with Crippen LogP contribution in [0.4, 0.5) is 0 Å². The summed E-state index contributed by atoms with van der Waals surface area (Å²) in [6, 6.07) is 11.5. The van der Waals surface area contributed by atoms with E-state index in [9.17, 15) is 23.2 Å². The Morgan fingerprint density at radius 3 is 1.66 bits per heavy atom. The molecule has 0 aliphatic carbocycles. The summed E-state index contributed by atoms with van der Waals surface area (Å²) in [6.45, 7) is 0. The van der Waals surface area contributed by atoms with E-state index in [0.29, 0.717) is 0 Å². The Labute approximate surface area is 186 Å². The number of phenols is 2. The minimum atomic E-state index is -5.14. The molecule has 10 heteroatoms. The van der Waals surface area contributed by atoms with Crippen molar-refractivity contribution in [1.29, 1.82) is 0 Å². The summed E-state index contributed by atoms with van der Waals surface area (Å²) >= 11 is 25.3. The summed E-state index contributed by atoms with van der Waals surface area (Å²) in [5.74, 6) is -0.612. The van der Waals surface area contributed by atoms with Gasteiger partial charge in [-0.2, -0.15) is 8.42 Å². The molecule has 0 spiro atoms. The van der Waals surface area contributed by atoms with Crippen molar-refractivity contribution in [3.63, 3.8) is 0 Å². The van der Waals surface area contributed by atoms with Crippen LogP contribution in [0.1, 0.15) is 16.7 Å². The summed E-state index contributed by atoms with van der Waals surface area (Å²) in [5, 5.41) is 19.1. The Kier molecular flexibility index (Phi) is 5.98. The van der Waals surface area contributed by atoms with Crippen LogP contribution in [0.5, 0.6) is 11.5 Å². The van der Waals surface area contributed by atoms with Gasteiger partial charge in [0.05, 0.1) is 10.0 Å². The SMILES string of the molecule is O=S(=O)(O)C(c1cccc(O)c1)(c1c(Cl)cccc1Cl)c1c(Cl)cc(O)cc1Cl. The Bertz CT molecular complexity index is 1170. The molecule has 0 saturated carbocycles. The molecule has 0 bridgehead atoms. The molecule has 1 atom stereocenters. The first kappa shape index (κ1) is 22.0. The van der Waals surface area contributed by atoms with E-state index >= 15 is 0 Å². The fourth-order valence-corrected chi connectivity index (χ4v) is 6.32. The first-order chi connectivity index (χ1) is 13.5. The van der Waals surface area contributed by atoms with Gasteiger partial charge in [-0.1, -0.05) is 64.6 Å². The summed E-state index contributed by atoms with van der Waals surface area (Å²) in [5.41, 5.74) is -0.628. The fraction of sp³-hybridized carbons (Fsp3) is 0.0526. The van der Waals surface area contributed by atoms with Crippen LogP contribution in [0.2, 0.25) is 20.1 Å². The van der Waals surface area contributed by atoms with E-state index in [-0.39, 0.29) is 48.3 Å². The van der Waals surface area contributed by atoms with E-state index in [2.05, 4.69) is 0 Å². The van der Waals surface area contributed by atoms with E-state index in [1.807, 2.05) is 0 Å². The number of hydrogen-bond donors (Lipinski definition) is 3. The molecule has 0 heterocycles. The molecule has 3 N–H and O–H groups in total. The average Bonchev–Trinajstić information content (AvgIpc) is 2.58. The third-order valence-electron chi connectivity index (χ3n) is 4.33. The lowest BCUT2D eigenvalue weighted by atomic mass is 9.83. The maximum Gasteiger partial charge on any atom is 0.283 e. The summed E-state index contributed by atoms with van der Waals surface area (Å²) in [6.07, 6.45) is 0. The zero-order valence-corrected chi connectivity index (χ0v) is 18.1. The first-order valence-electron chi connectivity index (χ1n) is 7.89.